The monoisotopic (exact) mass is 370 g/mol. The fourth-order valence-corrected chi connectivity index (χ4v) is 3.77. The molecule has 0 aliphatic heterocycles. The summed E-state index contributed by atoms with van der Waals surface area (Å²) in [5, 5.41) is 19.2. The molecule has 0 unspecified atom stereocenters. The number of aryl methyl sites for hydroxylation is 1. The first kappa shape index (κ1) is 18.2. The number of rotatable bonds is 3. The van der Waals surface area contributed by atoms with Gasteiger partial charge in [0, 0.05) is 5.56 Å². The molecule has 0 aromatic heterocycles. The van der Waals surface area contributed by atoms with Crippen LogP contribution in [0.5, 0.6) is 0 Å². The molecule has 0 bridgehead atoms. The normalized spacial score (nSPS) is 10.2. The van der Waals surface area contributed by atoms with Crippen LogP contribution in [0.3, 0.4) is 0 Å². The molecule has 2 heteroatoms. The molecule has 0 amide bonds. The first-order valence-corrected chi connectivity index (χ1v) is 9.42. The molecule has 0 radical (unpaired) electrons. The molecule has 4 rings (SSSR count). The van der Waals surface area contributed by atoms with Gasteiger partial charge in [0.25, 0.3) is 0 Å². The lowest BCUT2D eigenvalue weighted by atomic mass is 9.86. The third-order valence-electron chi connectivity index (χ3n) is 5.17. The van der Waals surface area contributed by atoms with Gasteiger partial charge in [0.1, 0.15) is 12.1 Å². The molecular formula is C27H18N2. The fourth-order valence-electron chi connectivity index (χ4n) is 3.77. The zero-order chi connectivity index (χ0) is 20.2. The molecule has 0 atom stereocenters. The SMILES string of the molecule is Cc1ccccc1-c1ccccc1-c1ccccc1-c1cccc(C#N)c1C#N. The lowest BCUT2D eigenvalue weighted by molar-refractivity contribution is 1.42. The molecular weight excluding hydrogens is 352 g/mol. The highest BCUT2D eigenvalue weighted by Crippen LogP contribution is 2.40. The van der Waals surface area contributed by atoms with Gasteiger partial charge in [0.2, 0.25) is 0 Å². The van der Waals surface area contributed by atoms with Crippen molar-refractivity contribution in [2.75, 3.05) is 0 Å². The van der Waals surface area contributed by atoms with Crippen molar-refractivity contribution in [2.24, 2.45) is 0 Å². The Morgan fingerprint density at radius 1 is 0.483 bits per heavy atom. The topological polar surface area (TPSA) is 47.6 Å². The average molecular weight is 370 g/mol. The first-order valence-electron chi connectivity index (χ1n) is 9.42. The van der Waals surface area contributed by atoms with Crippen molar-refractivity contribution in [3.63, 3.8) is 0 Å². The Morgan fingerprint density at radius 2 is 0.931 bits per heavy atom. The molecule has 4 aromatic rings. The van der Waals surface area contributed by atoms with Crippen molar-refractivity contribution < 1.29 is 0 Å². The Kier molecular flexibility index (Phi) is 4.93. The van der Waals surface area contributed by atoms with Crippen LogP contribution >= 0.6 is 0 Å². The van der Waals surface area contributed by atoms with Crippen molar-refractivity contribution >= 4 is 0 Å². The van der Waals surface area contributed by atoms with E-state index in [1.807, 2.05) is 48.5 Å². The Balaban J connectivity index is 2.00. The number of nitrogens with zero attached hydrogens (tertiary/aromatic N) is 2. The van der Waals surface area contributed by atoms with E-state index in [2.05, 4.69) is 55.5 Å². The van der Waals surface area contributed by atoms with Gasteiger partial charge < -0.3 is 0 Å². The smallest absolute Gasteiger partial charge is 0.101 e. The minimum Gasteiger partial charge on any atom is -0.192 e. The van der Waals surface area contributed by atoms with Crippen molar-refractivity contribution in [1.29, 1.82) is 10.5 Å². The molecule has 0 spiro atoms. The second-order valence-electron chi connectivity index (χ2n) is 6.86. The molecule has 2 nitrogen and oxygen atoms in total. The van der Waals surface area contributed by atoms with Gasteiger partial charge in [-0.3, -0.25) is 0 Å². The standard InChI is InChI=1S/C27H18N2/c1-19-9-2-3-11-21(19)22-12-4-5-13-23(22)24-14-6-7-15-25(24)26-16-8-10-20(17-28)27(26)18-29/h2-16H,1H3. The van der Waals surface area contributed by atoms with Crippen LogP contribution in [0, 0.1) is 29.6 Å². The van der Waals surface area contributed by atoms with Gasteiger partial charge in [-0.15, -0.1) is 0 Å². The minimum absolute atomic E-state index is 0.395. The Hall–Kier alpha value is -4.14. The highest BCUT2D eigenvalue weighted by molar-refractivity contribution is 5.93. The lowest BCUT2D eigenvalue weighted by Gasteiger charge is -2.16. The molecule has 136 valence electrons. The average Bonchev–Trinajstić information content (AvgIpc) is 2.79. The van der Waals surface area contributed by atoms with E-state index in [1.165, 1.54) is 11.1 Å². The van der Waals surface area contributed by atoms with Gasteiger partial charge in [0.05, 0.1) is 11.1 Å². The Bertz CT molecular complexity index is 1290. The zero-order valence-electron chi connectivity index (χ0n) is 16.1. The molecule has 0 aliphatic carbocycles. The lowest BCUT2D eigenvalue weighted by Crippen LogP contribution is -1.93. The van der Waals surface area contributed by atoms with Crippen LogP contribution in [-0.4, -0.2) is 0 Å². The second-order valence-corrected chi connectivity index (χ2v) is 6.86. The van der Waals surface area contributed by atoms with E-state index in [0.717, 1.165) is 27.8 Å². The van der Waals surface area contributed by atoms with Gasteiger partial charge >= 0.3 is 0 Å². The quantitative estimate of drug-likeness (QED) is 0.401. The predicted molar refractivity (Wildman–Crippen MR) is 117 cm³/mol. The molecule has 0 heterocycles. The number of hydrogen-bond acceptors (Lipinski definition) is 2. The van der Waals surface area contributed by atoms with Crippen LogP contribution in [0.4, 0.5) is 0 Å². The highest BCUT2D eigenvalue weighted by atomic mass is 14.3. The minimum atomic E-state index is 0.395. The summed E-state index contributed by atoms with van der Waals surface area (Å²) >= 11 is 0. The van der Waals surface area contributed by atoms with E-state index < -0.39 is 0 Å². The molecule has 0 saturated heterocycles. The van der Waals surface area contributed by atoms with Crippen LogP contribution < -0.4 is 0 Å². The van der Waals surface area contributed by atoms with E-state index in [9.17, 15) is 10.5 Å². The van der Waals surface area contributed by atoms with Crippen molar-refractivity contribution in [1.82, 2.24) is 0 Å². The van der Waals surface area contributed by atoms with Crippen molar-refractivity contribution in [3.8, 4) is 45.5 Å². The highest BCUT2D eigenvalue weighted by Gasteiger charge is 2.16. The maximum absolute atomic E-state index is 9.72. The van der Waals surface area contributed by atoms with Gasteiger partial charge in [-0.05, 0) is 46.4 Å². The van der Waals surface area contributed by atoms with Crippen LogP contribution in [0.15, 0.2) is 91.0 Å². The number of nitriles is 2. The summed E-state index contributed by atoms with van der Waals surface area (Å²) in [5.74, 6) is 0. The maximum atomic E-state index is 9.72. The number of hydrogen-bond donors (Lipinski definition) is 0. The van der Waals surface area contributed by atoms with Crippen LogP contribution in [0.2, 0.25) is 0 Å². The number of benzene rings is 4. The van der Waals surface area contributed by atoms with E-state index >= 15 is 0 Å². The summed E-state index contributed by atoms with van der Waals surface area (Å²) in [6.07, 6.45) is 0. The second kappa shape index (κ2) is 7.85. The maximum Gasteiger partial charge on any atom is 0.101 e. The van der Waals surface area contributed by atoms with Gasteiger partial charge in [0.15, 0.2) is 0 Å². The molecule has 0 fully saturated rings. The molecule has 0 saturated carbocycles. The largest absolute Gasteiger partial charge is 0.192 e. The van der Waals surface area contributed by atoms with Gasteiger partial charge in [-0.2, -0.15) is 10.5 Å². The van der Waals surface area contributed by atoms with E-state index in [-0.39, 0.29) is 0 Å². The summed E-state index contributed by atoms with van der Waals surface area (Å²) in [5.41, 5.74) is 8.21. The summed E-state index contributed by atoms with van der Waals surface area (Å²) in [7, 11) is 0. The summed E-state index contributed by atoms with van der Waals surface area (Å²) in [6.45, 7) is 2.11. The van der Waals surface area contributed by atoms with E-state index in [0.29, 0.717) is 11.1 Å². The van der Waals surface area contributed by atoms with Crippen molar-refractivity contribution in [2.45, 2.75) is 6.92 Å². The Labute approximate surface area is 170 Å². The third kappa shape index (κ3) is 3.29. The van der Waals surface area contributed by atoms with Crippen LogP contribution in [0.1, 0.15) is 16.7 Å². The summed E-state index contributed by atoms with van der Waals surface area (Å²) in [4.78, 5) is 0. The molecule has 0 N–H and O–H groups in total. The summed E-state index contributed by atoms with van der Waals surface area (Å²) in [6, 6.07) is 34.5. The van der Waals surface area contributed by atoms with Crippen molar-refractivity contribution in [3.05, 3.63) is 108 Å². The first-order chi connectivity index (χ1) is 14.2. The van der Waals surface area contributed by atoms with E-state index in [4.69, 9.17) is 0 Å². The third-order valence-corrected chi connectivity index (χ3v) is 5.17. The molecule has 4 aromatic carbocycles. The predicted octanol–water partition coefficient (Wildman–Crippen LogP) is 6.74. The summed E-state index contributed by atoms with van der Waals surface area (Å²) < 4.78 is 0. The molecule has 0 aliphatic rings. The van der Waals surface area contributed by atoms with Crippen LogP contribution in [-0.2, 0) is 0 Å². The van der Waals surface area contributed by atoms with Gasteiger partial charge in [-0.25, -0.2) is 0 Å². The van der Waals surface area contributed by atoms with E-state index in [1.54, 1.807) is 6.07 Å². The van der Waals surface area contributed by atoms with Gasteiger partial charge in [-0.1, -0.05) is 84.9 Å². The molecule has 29 heavy (non-hydrogen) atoms. The Morgan fingerprint density at radius 3 is 1.45 bits per heavy atom. The zero-order valence-corrected chi connectivity index (χ0v) is 16.1. The van der Waals surface area contributed by atoms with Crippen LogP contribution in [0.25, 0.3) is 33.4 Å². The fraction of sp³-hybridized carbons (Fsp3) is 0.0370.